The van der Waals surface area contributed by atoms with Gasteiger partial charge in [-0.3, -0.25) is 9.78 Å². The maximum atomic E-state index is 13.7. The second kappa shape index (κ2) is 9.90. The number of benzene rings is 2. The first-order chi connectivity index (χ1) is 13.6. The number of pyridine rings is 1. The van der Waals surface area contributed by atoms with E-state index < -0.39 is 5.82 Å². The van der Waals surface area contributed by atoms with Crippen molar-refractivity contribution < 1.29 is 13.9 Å². The standard InChI is InChI=1S/C22H21FN2O2S/c1-27-21-10-4-16(13-20(21)23)5-11-22(26)25-18-6-8-19(9-7-18)28-15-17-3-2-12-24-14-17/h2-4,6-10,12-14H,5,11,15H2,1H3,(H,25,26). The van der Waals surface area contributed by atoms with Crippen LogP contribution in [0.3, 0.4) is 0 Å². The molecule has 3 rings (SSSR count). The number of nitrogens with zero attached hydrogens (tertiary/aromatic N) is 1. The number of halogens is 1. The molecule has 0 aliphatic heterocycles. The molecule has 28 heavy (non-hydrogen) atoms. The van der Waals surface area contributed by atoms with E-state index >= 15 is 0 Å². The van der Waals surface area contributed by atoms with Crippen LogP contribution in [0, 0.1) is 5.82 Å². The van der Waals surface area contributed by atoms with Crippen LogP contribution in [-0.2, 0) is 17.0 Å². The third-order valence-electron chi connectivity index (χ3n) is 4.12. The van der Waals surface area contributed by atoms with Gasteiger partial charge in [-0.25, -0.2) is 4.39 Å². The second-order valence-electron chi connectivity index (χ2n) is 6.19. The average molecular weight is 396 g/mol. The molecule has 0 spiro atoms. The van der Waals surface area contributed by atoms with Crippen LogP contribution in [0.4, 0.5) is 10.1 Å². The van der Waals surface area contributed by atoms with Gasteiger partial charge in [0.25, 0.3) is 0 Å². The van der Waals surface area contributed by atoms with E-state index in [2.05, 4.69) is 10.3 Å². The van der Waals surface area contributed by atoms with Gasteiger partial charge in [-0.05, 0) is 60.0 Å². The molecule has 0 fully saturated rings. The predicted molar refractivity (Wildman–Crippen MR) is 110 cm³/mol. The van der Waals surface area contributed by atoms with Crippen molar-refractivity contribution in [2.75, 3.05) is 12.4 Å². The van der Waals surface area contributed by atoms with Gasteiger partial charge in [0.2, 0.25) is 5.91 Å². The summed E-state index contributed by atoms with van der Waals surface area (Å²) in [6.45, 7) is 0. The van der Waals surface area contributed by atoms with Crippen LogP contribution in [0.15, 0.2) is 71.9 Å². The van der Waals surface area contributed by atoms with Crippen molar-refractivity contribution in [3.63, 3.8) is 0 Å². The second-order valence-corrected chi connectivity index (χ2v) is 7.24. The Bertz CT molecular complexity index is 918. The Labute approximate surface area is 168 Å². The molecule has 0 atom stereocenters. The Morgan fingerprint density at radius 1 is 1.14 bits per heavy atom. The fourth-order valence-corrected chi connectivity index (χ4v) is 3.46. The van der Waals surface area contributed by atoms with E-state index in [1.807, 2.05) is 42.6 Å². The quantitative estimate of drug-likeness (QED) is 0.539. The van der Waals surface area contributed by atoms with E-state index in [0.29, 0.717) is 6.42 Å². The first kappa shape index (κ1) is 19.9. The van der Waals surface area contributed by atoms with Gasteiger partial charge in [0.15, 0.2) is 11.6 Å². The SMILES string of the molecule is COc1ccc(CCC(=O)Nc2ccc(SCc3cccnc3)cc2)cc1F. The topological polar surface area (TPSA) is 51.2 Å². The minimum Gasteiger partial charge on any atom is -0.494 e. The van der Waals surface area contributed by atoms with Gasteiger partial charge < -0.3 is 10.1 Å². The molecule has 0 bridgehead atoms. The van der Waals surface area contributed by atoms with Crippen molar-refractivity contribution >= 4 is 23.4 Å². The zero-order valence-electron chi connectivity index (χ0n) is 15.5. The lowest BCUT2D eigenvalue weighted by Gasteiger charge is -2.08. The summed E-state index contributed by atoms with van der Waals surface area (Å²) >= 11 is 1.71. The molecule has 1 heterocycles. The smallest absolute Gasteiger partial charge is 0.224 e. The van der Waals surface area contributed by atoms with Crippen molar-refractivity contribution in [1.82, 2.24) is 4.98 Å². The monoisotopic (exact) mass is 396 g/mol. The highest BCUT2D eigenvalue weighted by molar-refractivity contribution is 7.98. The number of rotatable bonds is 8. The molecule has 0 aliphatic rings. The summed E-state index contributed by atoms with van der Waals surface area (Å²) in [6.07, 6.45) is 4.36. The molecule has 0 saturated heterocycles. The number of methoxy groups -OCH3 is 1. The Morgan fingerprint density at radius 3 is 2.64 bits per heavy atom. The number of hydrogen-bond donors (Lipinski definition) is 1. The largest absolute Gasteiger partial charge is 0.494 e. The Balaban J connectivity index is 1.47. The molecule has 1 aromatic heterocycles. The number of amides is 1. The molecular formula is C22H21FN2O2S. The summed E-state index contributed by atoms with van der Waals surface area (Å²) in [6, 6.07) is 16.4. The zero-order chi connectivity index (χ0) is 19.8. The van der Waals surface area contributed by atoms with E-state index in [9.17, 15) is 9.18 Å². The van der Waals surface area contributed by atoms with Gasteiger partial charge >= 0.3 is 0 Å². The normalized spacial score (nSPS) is 10.5. The summed E-state index contributed by atoms with van der Waals surface area (Å²) in [5.74, 6) is 0.527. The number of anilines is 1. The minimum absolute atomic E-state index is 0.105. The highest BCUT2D eigenvalue weighted by Gasteiger charge is 2.07. The number of thioether (sulfide) groups is 1. The fraction of sp³-hybridized carbons (Fsp3) is 0.182. The Morgan fingerprint density at radius 2 is 1.96 bits per heavy atom. The van der Waals surface area contributed by atoms with E-state index in [1.54, 1.807) is 30.1 Å². The van der Waals surface area contributed by atoms with Gasteiger partial charge in [0.05, 0.1) is 7.11 Å². The van der Waals surface area contributed by atoms with Crippen LogP contribution in [-0.4, -0.2) is 18.0 Å². The van der Waals surface area contributed by atoms with Crippen LogP contribution in [0.25, 0.3) is 0 Å². The molecule has 1 amide bonds. The van der Waals surface area contributed by atoms with E-state index in [1.165, 1.54) is 18.7 Å². The van der Waals surface area contributed by atoms with Crippen LogP contribution in [0.1, 0.15) is 17.5 Å². The van der Waals surface area contributed by atoms with Gasteiger partial charge in [0.1, 0.15) is 0 Å². The van der Waals surface area contributed by atoms with Gasteiger partial charge in [0, 0.05) is 35.2 Å². The van der Waals surface area contributed by atoms with Crippen molar-refractivity contribution in [2.45, 2.75) is 23.5 Å². The van der Waals surface area contributed by atoms with Gasteiger partial charge in [-0.1, -0.05) is 12.1 Å². The fourth-order valence-electron chi connectivity index (χ4n) is 2.63. The van der Waals surface area contributed by atoms with Crippen molar-refractivity contribution in [1.29, 1.82) is 0 Å². The molecule has 0 aliphatic carbocycles. The zero-order valence-corrected chi connectivity index (χ0v) is 16.3. The summed E-state index contributed by atoms with van der Waals surface area (Å²) in [7, 11) is 1.42. The number of hydrogen-bond acceptors (Lipinski definition) is 4. The average Bonchev–Trinajstić information content (AvgIpc) is 2.72. The first-order valence-electron chi connectivity index (χ1n) is 8.88. The summed E-state index contributed by atoms with van der Waals surface area (Å²) in [5, 5.41) is 2.87. The van der Waals surface area contributed by atoms with Gasteiger partial charge in [-0.2, -0.15) is 0 Å². The number of aromatic nitrogens is 1. The molecule has 2 aromatic carbocycles. The predicted octanol–water partition coefficient (Wildman–Crippen LogP) is 5.09. The molecular weight excluding hydrogens is 375 g/mol. The van der Waals surface area contributed by atoms with Crippen LogP contribution in [0.2, 0.25) is 0 Å². The third-order valence-corrected chi connectivity index (χ3v) is 5.21. The molecule has 0 saturated carbocycles. The lowest BCUT2D eigenvalue weighted by Crippen LogP contribution is -2.12. The molecule has 1 N–H and O–H groups in total. The highest BCUT2D eigenvalue weighted by Crippen LogP contribution is 2.24. The van der Waals surface area contributed by atoms with Crippen molar-refractivity contribution in [2.24, 2.45) is 0 Å². The first-order valence-corrected chi connectivity index (χ1v) is 9.86. The van der Waals surface area contributed by atoms with Crippen molar-refractivity contribution in [3.05, 3.63) is 83.9 Å². The third kappa shape index (κ3) is 5.82. The van der Waals surface area contributed by atoms with Crippen LogP contribution >= 0.6 is 11.8 Å². The molecule has 0 unspecified atom stereocenters. The number of carbonyl (C=O) groups is 1. The summed E-state index contributed by atoms with van der Waals surface area (Å²) in [5.41, 5.74) is 2.67. The molecule has 6 heteroatoms. The van der Waals surface area contributed by atoms with E-state index in [4.69, 9.17) is 4.74 Å². The van der Waals surface area contributed by atoms with Crippen molar-refractivity contribution in [3.8, 4) is 5.75 Å². The molecule has 0 radical (unpaired) electrons. The Hall–Kier alpha value is -2.86. The van der Waals surface area contributed by atoms with E-state index in [-0.39, 0.29) is 18.1 Å². The summed E-state index contributed by atoms with van der Waals surface area (Å²) < 4.78 is 18.6. The number of aryl methyl sites for hydroxylation is 1. The Kier molecular flexibility index (Phi) is 7.03. The maximum Gasteiger partial charge on any atom is 0.224 e. The van der Waals surface area contributed by atoms with Crippen LogP contribution in [0.5, 0.6) is 5.75 Å². The number of nitrogens with one attached hydrogen (secondary N) is 1. The molecule has 4 nitrogen and oxygen atoms in total. The van der Waals surface area contributed by atoms with Gasteiger partial charge in [-0.15, -0.1) is 11.8 Å². The summed E-state index contributed by atoms with van der Waals surface area (Å²) in [4.78, 5) is 17.4. The number of carbonyl (C=O) groups excluding carboxylic acids is 1. The lowest BCUT2D eigenvalue weighted by molar-refractivity contribution is -0.116. The van der Waals surface area contributed by atoms with Crippen LogP contribution < -0.4 is 10.1 Å². The lowest BCUT2D eigenvalue weighted by atomic mass is 10.1. The maximum absolute atomic E-state index is 13.7. The van der Waals surface area contributed by atoms with E-state index in [0.717, 1.165) is 21.9 Å². The molecule has 144 valence electrons. The molecule has 3 aromatic rings. The number of ether oxygens (including phenoxy) is 1. The highest BCUT2D eigenvalue weighted by atomic mass is 32.2. The minimum atomic E-state index is -0.417.